The maximum absolute atomic E-state index is 13.0. The standard InChI is InChI=1S/C19H20N4O/c24-18(16-10-13-4-1-2-5-15(13)21-16)23-9-3-7-19(12-23)8-6-14-11-20-22-17(14)19/h1-2,4-5,10-11,21H,3,6-9,12H2,(H,20,22). The molecule has 1 aliphatic heterocycles. The van der Waals surface area contributed by atoms with Gasteiger partial charge < -0.3 is 9.88 Å². The maximum Gasteiger partial charge on any atom is 0.270 e. The van der Waals surface area contributed by atoms with E-state index in [1.807, 2.05) is 41.4 Å². The number of hydrogen-bond acceptors (Lipinski definition) is 2. The molecule has 122 valence electrons. The number of aromatic nitrogens is 3. The average Bonchev–Trinajstić information content (AvgIpc) is 3.31. The molecule has 24 heavy (non-hydrogen) atoms. The van der Waals surface area contributed by atoms with E-state index < -0.39 is 0 Å². The molecule has 0 bridgehead atoms. The lowest BCUT2D eigenvalue weighted by Crippen LogP contribution is -2.47. The van der Waals surface area contributed by atoms with Gasteiger partial charge in [-0.1, -0.05) is 18.2 Å². The van der Waals surface area contributed by atoms with E-state index in [0.29, 0.717) is 5.69 Å². The first-order valence-corrected chi connectivity index (χ1v) is 8.65. The van der Waals surface area contributed by atoms with Crippen LogP contribution in [0.1, 0.15) is 41.0 Å². The molecule has 0 radical (unpaired) electrons. The first kappa shape index (κ1) is 13.8. The van der Waals surface area contributed by atoms with Crippen molar-refractivity contribution in [2.24, 2.45) is 0 Å². The molecule has 0 saturated carbocycles. The van der Waals surface area contributed by atoms with Gasteiger partial charge in [0.25, 0.3) is 5.91 Å². The van der Waals surface area contributed by atoms with Crippen LogP contribution in [0.5, 0.6) is 0 Å². The number of hydrogen-bond donors (Lipinski definition) is 2. The Bertz CT molecular complexity index is 891. The van der Waals surface area contributed by atoms with Gasteiger partial charge in [-0.25, -0.2) is 0 Å². The van der Waals surface area contributed by atoms with Gasteiger partial charge in [-0.2, -0.15) is 5.10 Å². The smallest absolute Gasteiger partial charge is 0.270 e. The highest BCUT2D eigenvalue weighted by molar-refractivity contribution is 5.98. The Morgan fingerprint density at radius 3 is 3.08 bits per heavy atom. The van der Waals surface area contributed by atoms with Crippen LogP contribution in [-0.4, -0.2) is 39.1 Å². The van der Waals surface area contributed by atoms with E-state index in [-0.39, 0.29) is 11.3 Å². The van der Waals surface area contributed by atoms with Crippen molar-refractivity contribution in [1.82, 2.24) is 20.1 Å². The van der Waals surface area contributed by atoms with Gasteiger partial charge >= 0.3 is 0 Å². The molecule has 1 atom stereocenters. The van der Waals surface area contributed by atoms with Crippen molar-refractivity contribution in [2.75, 3.05) is 13.1 Å². The van der Waals surface area contributed by atoms with Crippen LogP contribution in [-0.2, 0) is 11.8 Å². The number of benzene rings is 1. The van der Waals surface area contributed by atoms with E-state index in [0.717, 1.165) is 49.7 Å². The van der Waals surface area contributed by atoms with Crippen molar-refractivity contribution < 1.29 is 4.79 Å². The largest absolute Gasteiger partial charge is 0.351 e. The Hall–Kier alpha value is -2.56. The monoisotopic (exact) mass is 320 g/mol. The summed E-state index contributed by atoms with van der Waals surface area (Å²) in [5, 5.41) is 8.51. The van der Waals surface area contributed by atoms with E-state index in [2.05, 4.69) is 15.2 Å². The fourth-order valence-corrected chi connectivity index (χ4v) is 4.53. The molecule has 5 nitrogen and oxygen atoms in total. The predicted molar refractivity (Wildman–Crippen MR) is 92.0 cm³/mol. The first-order chi connectivity index (χ1) is 11.8. The van der Waals surface area contributed by atoms with Crippen LogP contribution < -0.4 is 0 Å². The van der Waals surface area contributed by atoms with Crippen molar-refractivity contribution in [1.29, 1.82) is 0 Å². The Kier molecular flexibility index (Phi) is 2.86. The normalized spacial score (nSPS) is 23.1. The Morgan fingerprint density at radius 1 is 1.25 bits per heavy atom. The second-order valence-electron chi connectivity index (χ2n) is 7.15. The molecule has 1 spiro atoms. The third-order valence-electron chi connectivity index (χ3n) is 5.75. The van der Waals surface area contributed by atoms with Crippen LogP contribution in [0.4, 0.5) is 0 Å². The number of likely N-dealkylation sites (tertiary alicyclic amines) is 1. The number of carbonyl (C=O) groups is 1. The Balaban J connectivity index is 1.45. The van der Waals surface area contributed by atoms with Crippen LogP contribution in [0.2, 0.25) is 0 Å². The van der Waals surface area contributed by atoms with Crippen LogP contribution in [0.25, 0.3) is 10.9 Å². The lowest BCUT2D eigenvalue weighted by Gasteiger charge is -2.40. The number of nitrogens with zero attached hydrogens (tertiary/aromatic N) is 2. The minimum atomic E-state index is 0.0752. The summed E-state index contributed by atoms with van der Waals surface area (Å²) in [6.07, 6.45) is 6.32. The van der Waals surface area contributed by atoms with Crippen molar-refractivity contribution in [2.45, 2.75) is 31.1 Å². The molecule has 2 aromatic heterocycles. The first-order valence-electron chi connectivity index (χ1n) is 8.65. The van der Waals surface area contributed by atoms with Gasteiger partial charge in [-0.05, 0) is 43.4 Å². The topological polar surface area (TPSA) is 64.8 Å². The molecule has 5 heteroatoms. The summed E-state index contributed by atoms with van der Waals surface area (Å²) in [6.45, 7) is 1.62. The number of carbonyl (C=O) groups excluding carboxylic acids is 1. The van der Waals surface area contributed by atoms with Gasteiger partial charge in [0.2, 0.25) is 0 Å². The number of piperidine rings is 1. The highest BCUT2D eigenvalue weighted by Crippen LogP contribution is 2.44. The van der Waals surface area contributed by atoms with Crippen molar-refractivity contribution in [3.8, 4) is 0 Å². The molecule has 2 N–H and O–H groups in total. The van der Waals surface area contributed by atoms with Crippen molar-refractivity contribution in [3.63, 3.8) is 0 Å². The van der Waals surface area contributed by atoms with Crippen LogP contribution in [0.3, 0.4) is 0 Å². The van der Waals surface area contributed by atoms with Gasteiger partial charge in [0.15, 0.2) is 0 Å². The van der Waals surface area contributed by atoms with Gasteiger partial charge in [-0.15, -0.1) is 0 Å². The minimum Gasteiger partial charge on any atom is -0.351 e. The molecule has 1 aromatic carbocycles. The minimum absolute atomic E-state index is 0.0752. The van der Waals surface area contributed by atoms with Gasteiger partial charge in [0, 0.05) is 35.1 Å². The summed E-state index contributed by atoms with van der Waals surface area (Å²) in [5.74, 6) is 0.109. The van der Waals surface area contributed by atoms with Crippen LogP contribution in [0.15, 0.2) is 36.5 Å². The fourth-order valence-electron chi connectivity index (χ4n) is 4.53. The molecule has 2 aliphatic rings. The highest BCUT2D eigenvalue weighted by Gasteiger charge is 2.44. The number of amides is 1. The number of nitrogens with one attached hydrogen (secondary N) is 2. The van der Waals surface area contributed by atoms with E-state index in [4.69, 9.17) is 0 Å². The average molecular weight is 320 g/mol. The van der Waals surface area contributed by atoms with Crippen molar-refractivity contribution in [3.05, 3.63) is 53.5 Å². The molecule has 3 aromatic rings. The number of rotatable bonds is 1. The molecular weight excluding hydrogens is 300 g/mol. The molecule has 1 saturated heterocycles. The number of H-pyrrole nitrogens is 2. The quantitative estimate of drug-likeness (QED) is 0.724. The zero-order valence-electron chi connectivity index (χ0n) is 13.5. The van der Waals surface area contributed by atoms with Crippen LogP contribution in [0, 0.1) is 0 Å². The highest BCUT2D eigenvalue weighted by atomic mass is 16.2. The lowest BCUT2D eigenvalue weighted by molar-refractivity contribution is 0.0628. The van der Waals surface area contributed by atoms with Gasteiger partial charge in [-0.3, -0.25) is 9.89 Å². The predicted octanol–water partition coefficient (Wildman–Crippen LogP) is 3.01. The number of aromatic amines is 2. The van der Waals surface area contributed by atoms with E-state index in [1.165, 1.54) is 11.3 Å². The molecule has 3 heterocycles. The summed E-state index contributed by atoms with van der Waals surface area (Å²) in [5.41, 5.74) is 4.37. The Morgan fingerprint density at radius 2 is 2.17 bits per heavy atom. The number of aryl methyl sites for hydroxylation is 1. The van der Waals surface area contributed by atoms with E-state index in [1.54, 1.807) is 0 Å². The fraction of sp³-hybridized carbons (Fsp3) is 0.368. The van der Waals surface area contributed by atoms with Gasteiger partial charge in [0.05, 0.1) is 6.20 Å². The maximum atomic E-state index is 13.0. The van der Waals surface area contributed by atoms with Crippen LogP contribution >= 0.6 is 0 Å². The molecule has 5 rings (SSSR count). The zero-order chi connectivity index (χ0) is 16.1. The molecule has 1 fully saturated rings. The zero-order valence-corrected chi connectivity index (χ0v) is 13.5. The molecular formula is C19H20N4O. The Labute approximate surface area is 140 Å². The van der Waals surface area contributed by atoms with Crippen molar-refractivity contribution >= 4 is 16.8 Å². The summed E-state index contributed by atoms with van der Waals surface area (Å²) in [4.78, 5) is 18.3. The number of fused-ring (bicyclic) bond motifs is 3. The molecule has 1 aliphatic carbocycles. The third kappa shape index (κ3) is 1.94. The molecule has 1 amide bonds. The van der Waals surface area contributed by atoms with E-state index >= 15 is 0 Å². The summed E-state index contributed by atoms with van der Waals surface area (Å²) in [6, 6.07) is 10.0. The lowest BCUT2D eigenvalue weighted by atomic mass is 9.77. The van der Waals surface area contributed by atoms with Gasteiger partial charge in [0.1, 0.15) is 5.69 Å². The second-order valence-corrected chi connectivity index (χ2v) is 7.15. The number of para-hydroxylation sites is 1. The summed E-state index contributed by atoms with van der Waals surface area (Å²) < 4.78 is 0. The second kappa shape index (κ2) is 4.97. The summed E-state index contributed by atoms with van der Waals surface area (Å²) in [7, 11) is 0. The summed E-state index contributed by atoms with van der Waals surface area (Å²) >= 11 is 0. The molecule has 1 unspecified atom stereocenters. The van der Waals surface area contributed by atoms with E-state index in [9.17, 15) is 4.79 Å². The third-order valence-corrected chi connectivity index (χ3v) is 5.75. The SMILES string of the molecule is O=C(c1cc2ccccc2[nH]1)N1CCCC2(CCc3cn[nH]c32)C1.